The summed E-state index contributed by atoms with van der Waals surface area (Å²) in [5.74, 6) is 0. The third kappa shape index (κ3) is 1.29. The van der Waals surface area contributed by atoms with Crippen LogP contribution in [0.4, 0.5) is 0 Å². The molecule has 50 valence electrons. The molecule has 0 spiro atoms. The van der Waals surface area contributed by atoms with Gasteiger partial charge in [0.1, 0.15) is 6.26 Å². The van der Waals surface area contributed by atoms with Crippen LogP contribution in [0.5, 0.6) is 0 Å². The molecule has 0 fully saturated rings. The smallest absolute Gasteiger partial charge is 0.180 e. The average Bonchev–Trinajstić information content (AvgIpc) is 2.37. The van der Waals surface area contributed by atoms with Crippen molar-refractivity contribution in [1.29, 1.82) is 0 Å². The van der Waals surface area contributed by atoms with Crippen LogP contribution >= 0.6 is 0 Å². The van der Waals surface area contributed by atoms with Crippen molar-refractivity contribution in [3.8, 4) is 0 Å². The van der Waals surface area contributed by atoms with Crippen molar-refractivity contribution in [1.82, 2.24) is 10.3 Å². The van der Waals surface area contributed by atoms with Gasteiger partial charge in [-0.2, -0.15) is 0 Å². The molecule has 0 bridgehead atoms. The molecule has 0 aromatic carbocycles. The van der Waals surface area contributed by atoms with E-state index in [1.165, 1.54) is 6.39 Å². The van der Waals surface area contributed by atoms with E-state index in [0.717, 1.165) is 5.69 Å². The van der Waals surface area contributed by atoms with Crippen LogP contribution in [0.15, 0.2) is 17.1 Å². The van der Waals surface area contributed by atoms with E-state index in [9.17, 15) is 0 Å². The second-order valence-electron chi connectivity index (χ2n) is 1.92. The van der Waals surface area contributed by atoms with E-state index in [1.54, 1.807) is 6.26 Å². The molecule has 3 heteroatoms. The van der Waals surface area contributed by atoms with Crippen LogP contribution in [-0.4, -0.2) is 12.0 Å². The molecule has 0 aliphatic heterocycles. The Balaban J connectivity index is 2.65. The Bertz CT molecular complexity index is 160. The first-order valence-corrected chi connectivity index (χ1v) is 2.90. The van der Waals surface area contributed by atoms with Crippen LogP contribution in [-0.2, 0) is 0 Å². The van der Waals surface area contributed by atoms with Gasteiger partial charge in [-0.3, -0.25) is 0 Å². The van der Waals surface area contributed by atoms with E-state index in [4.69, 9.17) is 4.42 Å². The second kappa shape index (κ2) is 2.64. The average molecular weight is 126 g/mol. The van der Waals surface area contributed by atoms with E-state index in [2.05, 4.69) is 10.3 Å². The molecule has 1 heterocycles. The molecule has 1 N–H and O–H groups in total. The van der Waals surface area contributed by atoms with Gasteiger partial charge in [-0.05, 0) is 14.0 Å². The van der Waals surface area contributed by atoms with E-state index >= 15 is 0 Å². The highest BCUT2D eigenvalue weighted by Crippen LogP contribution is 2.06. The van der Waals surface area contributed by atoms with Gasteiger partial charge in [0.15, 0.2) is 6.39 Å². The predicted octanol–water partition coefficient (Wildman–Crippen LogP) is 0.955. The molecular formula is C6H10N2O. The molecule has 1 aromatic heterocycles. The van der Waals surface area contributed by atoms with Crippen molar-refractivity contribution in [3.63, 3.8) is 0 Å². The molecule has 3 nitrogen and oxygen atoms in total. The van der Waals surface area contributed by atoms with Gasteiger partial charge in [0.2, 0.25) is 0 Å². The van der Waals surface area contributed by atoms with E-state index in [-0.39, 0.29) is 6.04 Å². The van der Waals surface area contributed by atoms with Crippen molar-refractivity contribution in [3.05, 3.63) is 18.4 Å². The molecule has 9 heavy (non-hydrogen) atoms. The number of aromatic nitrogens is 1. The van der Waals surface area contributed by atoms with Crippen LogP contribution < -0.4 is 5.32 Å². The number of hydrogen-bond donors (Lipinski definition) is 1. The number of oxazole rings is 1. The molecule has 0 amide bonds. The Hall–Kier alpha value is -0.830. The van der Waals surface area contributed by atoms with E-state index in [0.29, 0.717) is 0 Å². The molecule has 1 aromatic rings. The number of nitrogens with zero attached hydrogens (tertiary/aromatic N) is 1. The lowest BCUT2D eigenvalue weighted by atomic mass is 10.3. The topological polar surface area (TPSA) is 38.1 Å². The summed E-state index contributed by atoms with van der Waals surface area (Å²) in [5, 5.41) is 3.04. The molecule has 0 aliphatic carbocycles. The summed E-state index contributed by atoms with van der Waals surface area (Å²) < 4.78 is 4.79. The van der Waals surface area contributed by atoms with Crippen molar-refractivity contribution in [2.75, 3.05) is 7.05 Å². The molecule has 0 saturated heterocycles. The lowest BCUT2D eigenvalue weighted by Crippen LogP contribution is -2.12. The summed E-state index contributed by atoms with van der Waals surface area (Å²) in [4.78, 5) is 3.96. The molecule has 1 unspecified atom stereocenters. The Morgan fingerprint density at radius 3 is 3.00 bits per heavy atom. The minimum Gasteiger partial charge on any atom is -0.451 e. The van der Waals surface area contributed by atoms with E-state index < -0.39 is 0 Å². The first-order valence-electron chi connectivity index (χ1n) is 2.90. The fraction of sp³-hybridized carbons (Fsp3) is 0.500. The summed E-state index contributed by atoms with van der Waals surface area (Å²) >= 11 is 0. The summed E-state index contributed by atoms with van der Waals surface area (Å²) in [7, 11) is 1.89. The Morgan fingerprint density at radius 2 is 2.56 bits per heavy atom. The Morgan fingerprint density at radius 1 is 1.78 bits per heavy atom. The number of nitrogens with one attached hydrogen (secondary N) is 1. The SMILES string of the molecule is CNC(C)c1cocn1. The van der Waals surface area contributed by atoms with Gasteiger partial charge in [-0.15, -0.1) is 0 Å². The maximum atomic E-state index is 4.79. The molecule has 0 aliphatic rings. The summed E-state index contributed by atoms with van der Waals surface area (Å²) in [6.45, 7) is 2.03. The maximum absolute atomic E-state index is 4.79. The third-order valence-electron chi connectivity index (χ3n) is 1.33. The lowest BCUT2D eigenvalue weighted by Gasteiger charge is -2.02. The van der Waals surface area contributed by atoms with Crippen molar-refractivity contribution < 1.29 is 4.42 Å². The highest BCUT2D eigenvalue weighted by molar-refractivity contribution is 4.96. The quantitative estimate of drug-likeness (QED) is 0.641. The number of hydrogen-bond acceptors (Lipinski definition) is 3. The van der Waals surface area contributed by atoms with Crippen molar-refractivity contribution >= 4 is 0 Å². The summed E-state index contributed by atoms with van der Waals surface area (Å²) in [6.07, 6.45) is 3.07. The first-order chi connectivity index (χ1) is 4.34. The standard InChI is InChI=1S/C6H10N2O/c1-5(7-2)6-3-9-4-8-6/h3-5,7H,1-2H3. The minimum atomic E-state index is 0.281. The van der Waals surface area contributed by atoms with E-state index in [1.807, 2.05) is 14.0 Å². The molecule has 1 rings (SSSR count). The zero-order valence-corrected chi connectivity index (χ0v) is 5.59. The van der Waals surface area contributed by atoms with Gasteiger partial charge in [-0.1, -0.05) is 0 Å². The summed E-state index contributed by atoms with van der Waals surface area (Å²) in [5.41, 5.74) is 0.942. The lowest BCUT2D eigenvalue weighted by molar-refractivity contribution is 0.551. The van der Waals surface area contributed by atoms with Gasteiger partial charge in [0.25, 0.3) is 0 Å². The Labute approximate surface area is 54.1 Å². The van der Waals surface area contributed by atoms with Crippen LogP contribution in [0, 0.1) is 0 Å². The van der Waals surface area contributed by atoms with Crippen LogP contribution in [0.1, 0.15) is 18.7 Å². The zero-order valence-electron chi connectivity index (χ0n) is 5.59. The largest absolute Gasteiger partial charge is 0.451 e. The van der Waals surface area contributed by atoms with Crippen LogP contribution in [0.25, 0.3) is 0 Å². The van der Waals surface area contributed by atoms with Gasteiger partial charge in [0.05, 0.1) is 5.69 Å². The monoisotopic (exact) mass is 126 g/mol. The highest BCUT2D eigenvalue weighted by atomic mass is 16.3. The maximum Gasteiger partial charge on any atom is 0.180 e. The zero-order chi connectivity index (χ0) is 6.69. The molecule has 0 saturated carbocycles. The first kappa shape index (κ1) is 6.29. The van der Waals surface area contributed by atoms with Gasteiger partial charge < -0.3 is 9.73 Å². The third-order valence-corrected chi connectivity index (χ3v) is 1.33. The van der Waals surface area contributed by atoms with Gasteiger partial charge in [-0.25, -0.2) is 4.98 Å². The number of rotatable bonds is 2. The fourth-order valence-electron chi connectivity index (χ4n) is 0.584. The van der Waals surface area contributed by atoms with Crippen molar-refractivity contribution in [2.24, 2.45) is 0 Å². The second-order valence-corrected chi connectivity index (χ2v) is 1.92. The van der Waals surface area contributed by atoms with Crippen molar-refractivity contribution in [2.45, 2.75) is 13.0 Å². The van der Waals surface area contributed by atoms with Gasteiger partial charge >= 0.3 is 0 Å². The van der Waals surface area contributed by atoms with Crippen LogP contribution in [0.3, 0.4) is 0 Å². The minimum absolute atomic E-state index is 0.281. The highest BCUT2D eigenvalue weighted by Gasteiger charge is 2.02. The molecule has 1 atom stereocenters. The normalized spacial score (nSPS) is 13.6. The predicted molar refractivity (Wildman–Crippen MR) is 34.0 cm³/mol. The summed E-state index contributed by atoms with van der Waals surface area (Å²) in [6, 6.07) is 0.281. The molecular weight excluding hydrogens is 116 g/mol. The van der Waals surface area contributed by atoms with Gasteiger partial charge in [0, 0.05) is 6.04 Å². The molecule has 0 radical (unpaired) electrons. The van der Waals surface area contributed by atoms with Crippen LogP contribution in [0.2, 0.25) is 0 Å². The fourth-order valence-corrected chi connectivity index (χ4v) is 0.584. The Kier molecular flexibility index (Phi) is 1.85.